The van der Waals surface area contributed by atoms with Gasteiger partial charge in [-0.15, -0.1) is 11.8 Å². The van der Waals surface area contributed by atoms with E-state index >= 15 is 0 Å². The Labute approximate surface area is 566 Å². The van der Waals surface area contributed by atoms with Crippen molar-refractivity contribution in [3.63, 3.8) is 0 Å². The second kappa shape index (κ2) is 41.1. The number of unbranched alkanes of at least 4 members (excludes halogenated alkanes) is 1. The molecule has 12 atom stereocenters. The second-order valence-corrected chi connectivity index (χ2v) is 25.3. The molecule has 0 aliphatic carbocycles. The van der Waals surface area contributed by atoms with Crippen LogP contribution in [0.4, 0.5) is 5.69 Å². The molecule has 3 rings (SSSR count). The summed E-state index contributed by atoms with van der Waals surface area (Å²) < 4.78 is 0. The average molecular weight is 1410 g/mol. The maximum Gasteiger partial charge on any atom is 0.305 e. The van der Waals surface area contributed by atoms with Crippen molar-refractivity contribution in [3.05, 3.63) is 58.4 Å². The van der Waals surface area contributed by atoms with Gasteiger partial charge in [-0.1, -0.05) is 44.7 Å². The third-order valence-corrected chi connectivity index (χ3v) is 16.5. The van der Waals surface area contributed by atoms with Gasteiger partial charge in [0.2, 0.25) is 76.0 Å². The van der Waals surface area contributed by atoms with Gasteiger partial charge in [0.1, 0.15) is 72.4 Å². The van der Waals surface area contributed by atoms with Crippen LogP contribution in [0.3, 0.4) is 0 Å². The molecule has 1 aromatic carbocycles. The van der Waals surface area contributed by atoms with Gasteiger partial charge in [0.15, 0.2) is 0 Å². The summed E-state index contributed by atoms with van der Waals surface area (Å²) in [5.74, 6) is -13.4. The van der Waals surface area contributed by atoms with E-state index in [0.29, 0.717) is 22.6 Å². The van der Waals surface area contributed by atoms with Crippen molar-refractivity contribution in [2.24, 2.45) is 17.4 Å². The predicted molar refractivity (Wildman–Crippen MR) is 348 cm³/mol. The molecule has 19 N–H and O–H groups in total. The number of pyridine rings is 1. The van der Waals surface area contributed by atoms with E-state index in [4.69, 9.17) is 11.5 Å². The minimum atomic E-state index is -1.96. The van der Waals surface area contributed by atoms with E-state index in [2.05, 4.69) is 63.5 Å². The number of nitrogens with two attached hydrogens (primary N) is 2. The molecule has 1 aromatic heterocycles. The molecular formula is C59H88N16O20S2. The monoisotopic (exact) mass is 1400 g/mol. The van der Waals surface area contributed by atoms with Crippen molar-refractivity contribution in [1.82, 2.24) is 68.4 Å². The van der Waals surface area contributed by atoms with Crippen LogP contribution in [0.5, 0.6) is 5.75 Å². The van der Waals surface area contributed by atoms with E-state index in [1.807, 2.05) is 0 Å². The number of carboxylic acids is 1. The van der Waals surface area contributed by atoms with Gasteiger partial charge in [0, 0.05) is 35.9 Å². The number of aliphatic hydroxyl groups excluding tert-OH is 2. The number of amides is 12. The number of phenols is 1. The first kappa shape index (κ1) is 82.1. The van der Waals surface area contributed by atoms with Gasteiger partial charge < -0.3 is 95.3 Å². The molecule has 1 saturated heterocycles. The second-order valence-electron chi connectivity index (χ2n) is 22.9. The molecule has 36 nitrogen and oxygen atoms in total. The van der Waals surface area contributed by atoms with Crippen LogP contribution in [0.2, 0.25) is 0 Å². The summed E-state index contributed by atoms with van der Waals surface area (Å²) >= 11 is 1.99. The molecule has 38 heteroatoms. The first-order chi connectivity index (χ1) is 45.7. The van der Waals surface area contributed by atoms with Crippen LogP contribution in [0.25, 0.3) is 0 Å². The number of hydrogen-bond donors (Lipinski definition) is 17. The number of carbonyl (C=O) groups excluding carboxylic acids is 13. The third kappa shape index (κ3) is 27.9. The highest BCUT2D eigenvalue weighted by Gasteiger charge is 2.40. The lowest BCUT2D eigenvalue weighted by Gasteiger charge is -2.29. The Bertz CT molecular complexity index is 3130. The van der Waals surface area contributed by atoms with Crippen molar-refractivity contribution >= 4 is 111 Å². The van der Waals surface area contributed by atoms with Gasteiger partial charge >= 0.3 is 5.97 Å². The van der Waals surface area contributed by atoms with E-state index < -0.39 is 180 Å². The fourth-order valence-electron chi connectivity index (χ4n) is 9.25. The number of phenolic OH excluding ortho intramolecular Hbond substituents is 1. The topological polar surface area (TPSA) is 564 Å². The highest BCUT2D eigenvalue weighted by Crippen LogP contribution is 2.23. The number of carbonyl (C=O) groups is 14. The lowest BCUT2D eigenvalue weighted by molar-refractivity contribution is -0.385. The molecule has 12 amide bonds. The van der Waals surface area contributed by atoms with Crippen LogP contribution in [-0.2, 0) is 73.5 Å². The van der Waals surface area contributed by atoms with Crippen molar-refractivity contribution in [1.29, 1.82) is 0 Å². The maximum absolute atomic E-state index is 13.9. The number of likely N-dealkylation sites (tertiary alicyclic amines) is 1. The summed E-state index contributed by atoms with van der Waals surface area (Å²) in [6.07, 6.45) is 0.151. The molecule has 97 heavy (non-hydrogen) atoms. The highest BCUT2D eigenvalue weighted by atomic mass is 32.2. The number of thioether (sulfide) groups is 2. The summed E-state index contributed by atoms with van der Waals surface area (Å²) in [6.45, 7) is 7.71. The van der Waals surface area contributed by atoms with E-state index in [0.717, 1.165) is 41.5 Å². The minimum Gasteiger partial charge on any atom is -0.508 e. The zero-order chi connectivity index (χ0) is 72.8. The van der Waals surface area contributed by atoms with E-state index in [1.165, 1.54) is 71.1 Å². The fourth-order valence-corrected chi connectivity index (χ4v) is 10.6. The number of nitrogens with zero attached hydrogens (tertiary/aromatic N) is 3. The van der Waals surface area contributed by atoms with Gasteiger partial charge in [0.25, 0.3) is 5.69 Å². The number of carboxylic acid groups (broad SMARTS) is 1. The molecule has 0 bridgehead atoms. The quantitative estimate of drug-likeness (QED) is 0.0128. The molecule has 2 aromatic rings. The Morgan fingerprint density at radius 1 is 0.691 bits per heavy atom. The third-order valence-electron chi connectivity index (χ3n) is 14.6. The SMILES string of the molecule is CCSC(=O)CNC(=O)[C@H](C)NC(=O)[C@H](C)NC(=O)[C@@H]1CCCN1C(=O)[C@H](CO)NC(=O)[C@H](CC(=O)O)NC(=O)[C@H](CCCCN)NC(=O)CNC(=O)[C@@H](NC(=O)[C@@H](NC(=O)[C@H](C)NC(=O)[C@H](Cc1ccc(O)cc1)NC(=O)[C@@H](N)CSc1cncc([N+](=O)[O-])c1)C(C)C)[C@@H](C)O. The molecule has 0 unspecified atom stereocenters. The van der Waals surface area contributed by atoms with Crippen molar-refractivity contribution in [2.75, 3.05) is 44.3 Å². The fraction of sp³-hybridized carbons (Fsp3) is 0.576. The first-order valence-electron chi connectivity index (χ1n) is 30.9. The van der Waals surface area contributed by atoms with Crippen molar-refractivity contribution in [3.8, 4) is 5.75 Å². The van der Waals surface area contributed by atoms with E-state index in [9.17, 15) is 97.7 Å². The Hall–Kier alpha value is -9.11. The summed E-state index contributed by atoms with van der Waals surface area (Å²) in [6, 6.07) is -9.23. The highest BCUT2D eigenvalue weighted by molar-refractivity contribution is 8.13. The van der Waals surface area contributed by atoms with Gasteiger partial charge in [-0.2, -0.15) is 0 Å². The summed E-state index contributed by atoms with van der Waals surface area (Å²) in [5.41, 5.74) is 12.0. The number of rotatable bonds is 40. The molecule has 1 aliphatic rings. The van der Waals surface area contributed by atoms with Crippen LogP contribution in [0.1, 0.15) is 92.6 Å². The van der Waals surface area contributed by atoms with Crippen molar-refractivity contribution < 1.29 is 92.5 Å². The zero-order valence-corrected chi connectivity index (χ0v) is 56.2. The smallest absolute Gasteiger partial charge is 0.305 e. The molecule has 1 aliphatic heterocycles. The Morgan fingerprint density at radius 2 is 1.27 bits per heavy atom. The van der Waals surface area contributed by atoms with Gasteiger partial charge in [-0.25, -0.2) is 0 Å². The van der Waals surface area contributed by atoms with Crippen LogP contribution < -0.4 is 70.0 Å². The largest absolute Gasteiger partial charge is 0.508 e. The van der Waals surface area contributed by atoms with Crippen molar-refractivity contribution in [2.45, 2.75) is 171 Å². The van der Waals surface area contributed by atoms with E-state index in [-0.39, 0.29) is 74.0 Å². The lowest BCUT2D eigenvalue weighted by atomic mass is 10.0. The normalized spacial score (nSPS) is 16.0. The standard InChI is InChI=1S/C59H88N16O20S2/c1-8-96-46(82)26-64-49(83)30(4)65-50(84)31(5)67-56(90)43-13-11-19-74(43)59(93)42(27-76)71-55(89)41(22-45(80)81)70-53(87)39(12-9-10-18-60)68-44(79)25-63-57(91)48(33(7)77)73-58(92)47(29(2)3)72-51(85)32(6)66-54(88)40(20-34-14-16-36(78)17-15-34)69-52(86)38(61)28-97-37-21-35(75(94)95)23-62-24-37/h14-17,21,23-24,29-33,38-43,47-48,76-78H,8-13,18-20,22,25-28,60-61H2,1-7H3,(H,63,91)(H,64,83)(H,65,84)(H,66,88)(H,67,90)(H,68,79)(H,69,86)(H,70,87)(H,71,89)(H,72,85)(H,73,92)(H,80,81)/t30-,31-,32-,33+,38-,39-,40-,41-,42-,43-,47-,48-/m0/s1. The maximum atomic E-state index is 13.9. The number of nitrogens with one attached hydrogen (secondary N) is 11. The number of benzene rings is 1. The molecule has 2 heterocycles. The number of nitro groups is 1. The average Bonchev–Trinajstić information content (AvgIpc) is 1.76. The molecule has 536 valence electrons. The predicted octanol–water partition coefficient (Wildman–Crippen LogP) is -5.08. The molecule has 1 fully saturated rings. The van der Waals surface area contributed by atoms with Gasteiger partial charge in [0.05, 0.1) is 43.2 Å². The minimum absolute atomic E-state index is 0.0546. The number of aromatic hydroxyl groups is 1. The van der Waals surface area contributed by atoms with E-state index in [1.54, 1.807) is 6.92 Å². The molecular weight excluding hydrogens is 1320 g/mol. The number of hydrogen-bond acceptors (Lipinski definition) is 24. The zero-order valence-electron chi connectivity index (χ0n) is 54.6. The number of aliphatic hydroxyl groups is 2. The van der Waals surface area contributed by atoms with Gasteiger partial charge in [-0.3, -0.25) is 82.2 Å². The lowest BCUT2D eigenvalue weighted by Crippen LogP contribution is -2.61. The molecule has 0 spiro atoms. The molecule has 0 saturated carbocycles. The first-order valence-corrected chi connectivity index (χ1v) is 32.9. The Balaban J connectivity index is 1.66. The summed E-state index contributed by atoms with van der Waals surface area (Å²) in [4.78, 5) is 202. The Morgan fingerprint density at radius 3 is 1.88 bits per heavy atom. The number of aliphatic carboxylic acids is 1. The van der Waals surface area contributed by atoms with Gasteiger partial charge in [-0.05, 0) is 95.7 Å². The number of aromatic nitrogens is 1. The summed E-state index contributed by atoms with van der Waals surface area (Å²) in [5, 5.41) is 77.7. The van der Waals surface area contributed by atoms with Crippen LogP contribution >= 0.6 is 23.5 Å². The molecule has 0 radical (unpaired) electrons. The summed E-state index contributed by atoms with van der Waals surface area (Å²) in [7, 11) is 0. The Kier molecular flexibility index (Phi) is 34.8. The van der Waals surface area contributed by atoms with Crippen LogP contribution in [0, 0.1) is 16.0 Å². The van der Waals surface area contributed by atoms with Crippen LogP contribution in [-0.4, -0.2) is 234 Å². The van der Waals surface area contributed by atoms with Crippen LogP contribution in [0.15, 0.2) is 47.6 Å².